The summed E-state index contributed by atoms with van der Waals surface area (Å²) in [5.41, 5.74) is 1.81. The van der Waals surface area contributed by atoms with Crippen molar-refractivity contribution in [2.24, 2.45) is 0 Å². The number of H-pyrrole nitrogens is 1. The van der Waals surface area contributed by atoms with Gasteiger partial charge in [0.2, 0.25) is 0 Å². The van der Waals surface area contributed by atoms with E-state index < -0.39 is 0 Å². The SMILES string of the molecule is N#CCc1c[nH]c2ccc(O)c(Br)c12. The molecule has 0 atom stereocenters. The molecule has 2 rings (SSSR count). The maximum atomic E-state index is 9.48. The van der Waals surface area contributed by atoms with Crippen LogP contribution in [0, 0.1) is 11.3 Å². The van der Waals surface area contributed by atoms with E-state index in [0.29, 0.717) is 10.9 Å². The number of phenolic OH excluding ortho intramolecular Hbond substituents is 1. The van der Waals surface area contributed by atoms with Crippen LogP contribution in [0.4, 0.5) is 0 Å². The summed E-state index contributed by atoms with van der Waals surface area (Å²) in [6.07, 6.45) is 2.13. The lowest BCUT2D eigenvalue weighted by molar-refractivity contribution is 0.473. The smallest absolute Gasteiger partial charge is 0.130 e. The maximum Gasteiger partial charge on any atom is 0.130 e. The first-order valence-corrected chi connectivity index (χ1v) is 4.87. The molecule has 2 aromatic rings. The number of nitrogens with zero attached hydrogens (tertiary/aromatic N) is 1. The number of aromatic hydroxyl groups is 1. The van der Waals surface area contributed by atoms with Gasteiger partial charge in [-0.3, -0.25) is 0 Å². The topological polar surface area (TPSA) is 59.8 Å². The Morgan fingerprint density at radius 3 is 3.00 bits per heavy atom. The number of rotatable bonds is 1. The minimum Gasteiger partial charge on any atom is -0.507 e. The van der Waals surface area contributed by atoms with Gasteiger partial charge < -0.3 is 10.1 Å². The van der Waals surface area contributed by atoms with Crippen LogP contribution in [0.1, 0.15) is 5.56 Å². The zero-order chi connectivity index (χ0) is 10.1. The average Bonchev–Trinajstić information content (AvgIpc) is 2.57. The molecule has 2 N–H and O–H groups in total. The number of phenols is 1. The minimum absolute atomic E-state index is 0.191. The predicted molar refractivity (Wildman–Crippen MR) is 57.0 cm³/mol. The van der Waals surface area contributed by atoms with Gasteiger partial charge in [-0.1, -0.05) is 0 Å². The van der Waals surface area contributed by atoms with Crippen molar-refractivity contribution in [1.82, 2.24) is 4.98 Å². The number of hydrogen-bond donors (Lipinski definition) is 2. The first kappa shape index (κ1) is 9.10. The Hall–Kier alpha value is -1.47. The van der Waals surface area contributed by atoms with Gasteiger partial charge in [-0.15, -0.1) is 0 Å². The molecule has 0 bridgehead atoms. The van der Waals surface area contributed by atoms with Crippen LogP contribution >= 0.6 is 15.9 Å². The fourth-order valence-electron chi connectivity index (χ4n) is 1.46. The van der Waals surface area contributed by atoms with Gasteiger partial charge in [0, 0.05) is 17.1 Å². The predicted octanol–water partition coefficient (Wildman–Crippen LogP) is 2.70. The summed E-state index contributed by atoms with van der Waals surface area (Å²) in [6, 6.07) is 5.48. The van der Waals surface area contributed by atoms with E-state index >= 15 is 0 Å². The third kappa shape index (κ3) is 1.26. The number of fused-ring (bicyclic) bond motifs is 1. The van der Waals surface area contributed by atoms with Gasteiger partial charge >= 0.3 is 0 Å². The molecule has 3 nitrogen and oxygen atoms in total. The molecule has 0 aliphatic carbocycles. The van der Waals surface area contributed by atoms with Crippen LogP contribution in [0.15, 0.2) is 22.8 Å². The molecule has 0 fully saturated rings. The first-order chi connectivity index (χ1) is 6.74. The first-order valence-electron chi connectivity index (χ1n) is 4.08. The molecule has 4 heteroatoms. The number of benzene rings is 1. The Kier molecular flexibility index (Phi) is 2.18. The quantitative estimate of drug-likeness (QED) is 0.818. The third-order valence-corrected chi connectivity index (χ3v) is 2.92. The van der Waals surface area contributed by atoms with Gasteiger partial charge in [0.05, 0.1) is 17.0 Å². The summed E-state index contributed by atoms with van der Waals surface area (Å²) in [4.78, 5) is 3.05. The van der Waals surface area contributed by atoms with Crippen molar-refractivity contribution in [3.05, 3.63) is 28.4 Å². The van der Waals surface area contributed by atoms with Crippen molar-refractivity contribution >= 4 is 26.8 Å². The Bertz CT molecular complexity index is 525. The highest BCUT2D eigenvalue weighted by Gasteiger charge is 2.09. The molecule has 1 aromatic carbocycles. The van der Waals surface area contributed by atoms with Gasteiger partial charge in [0.1, 0.15) is 5.75 Å². The molecule has 0 aliphatic rings. The minimum atomic E-state index is 0.191. The van der Waals surface area contributed by atoms with E-state index in [1.165, 1.54) is 0 Å². The molecule has 0 aliphatic heterocycles. The largest absolute Gasteiger partial charge is 0.507 e. The molecule has 70 valence electrons. The van der Waals surface area contributed by atoms with E-state index in [2.05, 4.69) is 27.0 Å². The second kappa shape index (κ2) is 3.35. The highest BCUT2D eigenvalue weighted by molar-refractivity contribution is 9.10. The highest BCUT2D eigenvalue weighted by atomic mass is 79.9. The monoisotopic (exact) mass is 250 g/mol. The number of halogens is 1. The summed E-state index contributed by atoms with van der Waals surface area (Å²) in [5, 5.41) is 19.0. The standard InChI is InChI=1S/C10H7BrN2O/c11-10-8(14)2-1-7-9(10)6(3-4-12)5-13-7/h1-2,5,13-14H,3H2. The summed E-state index contributed by atoms with van der Waals surface area (Å²) >= 11 is 3.30. The van der Waals surface area contributed by atoms with Gasteiger partial charge in [0.15, 0.2) is 0 Å². The van der Waals surface area contributed by atoms with Gasteiger partial charge in [-0.25, -0.2) is 0 Å². The molecular formula is C10H7BrN2O. The molecule has 1 heterocycles. The molecular weight excluding hydrogens is 244 g/mol. The van der Waals surface area contributed by atoms with E-state index in [4.69, 9.17) is 5.26 Å². The highest BCUT2D eigenvalue weighted by Crippen LogP contribution is 2.34. The molecule has 0 amide bonds. The van der Waals surface area contributed by atoms with Crippen LogP contribution in [0.5, 0.6) is 5.75 Å². The van der Waals surface area contributed by atoms with Gasteiger partial charge in [0.25, 0.3) is 0 Å². The Morgan fingerprint density at radius 1 is 1.50 bits per heavy atom. The molecule has 0 radical (unpaired) electrons. The van der Waals surface area contributed by atoms with E-state index in [0.717, 1.165) is 16.5 Å². The van der Waals surface area contributed by atoms with E-state index in [9.17, 15) is 5.11 Å². The van der Waals surface area contributed by atoms with E-state index in [-0.39, 0.29) is 5.75 Å². The number of nitriles is 1. The van der Waals surface area contributed by atoms with Crippen LogP contribution in [0.3, 0.4) is 0 Å². The fraction of sp³-hybridized carbons (Fsp3) is 0.100. The molecule has 14 heavy (non-hydrogen) atoms. The summed E-state index contributed by atoms with van der Waals surface area (Å²) in [6.45, 7) is 0. The summed E-state index contributed by atoms with van der Waals surface area (Å²) in [5.74, 6) is 0.191. The van der Waals surface area contributed by atoms with Crippen LogP contribution in [-0.2, 0) is 6.42 Å². The number of nitrogens with one attached hydrogen (secondary N) is 1. The average molecular weight is 251 g/mol. The lowest BCUT2D eigenvalue weighted by Gasteiger charge is -1.99. The van der Waals surface area contributed by atoms with Crippen LogP contribution in [0.25, 0.3) is 10.9 Å². The molecule has 0 saturated heterocycles. The van der Waals surface area contributed by atoms with E-state index in [1.807, 2.05) is 0 Å². The second-order valence-corrected chi connectivity index (χ2v) is 3.76. The van der Waals surface area contributed by atoms with E-state index in [1.54, 1.807) is 18.3 Å². The van der Waals surface area contributed by atoms with Crippen LogP contribution in [-0.4, -0.2) is 10.1 Å². The van der Waals surface area contributed by atoms with Crippen LogP contribution in [0.2, 0.25) is 0 Å². The lowest BCUT2D eigenvalue weighted by Crippen LogP contribution is -1.79. The Balaban J connectivity index is 2.77. The van der Waals surface area contributed by atoms with Crippen LogP contribution < -0.4 is 0 Å². The van der Waals surface area contributed by atoms with Crippen molar-refractivity contribution in [2.75, 3.05) is 0 Å². The van der Waals surface area contributed by atoms with Gasteiger partial charge in [-0.2, -0.15) is 5.26 Å². The van der Waals surface area contributed by atoms with Crippen molar-refractivity contribution in [1.29, 1.82) is 5.26 Å². The normalized spacial score (nSPS) is 10.3. The van der Waals surface area contributed by atoms with Crippen molar-refractivity contribution in [3.8, 4) is 11.8 Å². The summed E-state index contributed by atoms with van der Waals surface area (Å²) in [7, 11) is 0. The fourth-order valence-corrected chi connectivity index (χ4v) is 2.06. The van der Waals surface area contributed by atoms with Crippen molar-refractivity contribution in [2.45, 2.75) is 6.42 Å². The zero-order valence-corrected chi connectivity index (χ0v) is 8.80. The third-order valence-electron chi connectivity index (χ3n) is 2.11. The Labute approximate surface area is 89.1 Å². The lowest BCUT2D eigenvalue weighted by atomic mass is 10.1. The molecule has 0 saturated carbocycles. The van der Waals surface area contributed by atoms with Crippen molar-refractivity contribution in [3.63, 3.8) is 0 Å². The maximum absolute atomic E-state index is 9.48. The van der Waals surface area contributed by atoms with Gasteiger partial charge in [-0.05, 0) is 33.6 Å². The number of aromatic nitrogens is 1. The molecule has 0 spiro atoms. The number of aromatic amines is 1. The number of hydrogen-bond acceptors (Lipinski definition) is 2. The molecule has 1 aromatic heterocycles. The zero-order valence-electron chi connectivity index (χ0n) is 7.21. The second-order valence-electron chi connectivity index (χ2n) is 2.97. The summed E-state index contributed by atoms with van der Waals surface area (Å²) < 4.78 is 0.640. The Morgan fingerprint density at radius 2 is 2.29 bits per heavy atom. The van der Waals surface area contributed by atoms with Crippen molar-refractivity contribution < 1.29 is 5.11 Å². The molecule has 0 unspecified atom stereocenters.